The van der Waals surface area contributed by atoms with Gasteiger partial charge >= 0.3 is 0 Å². The molecule has 0 saturated carbocycles. The lowest BCUT2D eigenvalue weighted by atomic mass is 9.45. The molecular formula is C25H19N. The zero-order valence-corrected chi connectivity index (χ0v) is 15.0. The van der Waals surface area contributed by atoms with Crippen molar-refractivity contribution in [3.63, 3.8) is 0 Å². The number of hydrogen-bond acceptors (Lipinski definition) is 1. The number of nitriles is 1. The molecule has 0 aliphatic heterocycles. The van der Waals surface area contributed by atoms with Gasteiger partial charge in [0.05, 0.1) is 11.6 Å². The molecule has 124 valence electrons. The fourth-order valence-corrected chi connectivity index (χ4v) is 5.00. The van der Waals surface area contributed by atoms with Crippen molar-refractivity contribution < 1.29 is 0 Å². The van der Waals surface area contributed by atoms with E-state index in [1.54, 1.807) is 0 Å². The van der Waals surface area contributed by atoms with Gasteiger partial charge in [-0.2, -0.15) is 5.26 Å². The van der Waals surface area contributed by atoms with Gasteiger partial charge in [0.15, 0.2) is 0 Å². The number of nitrogens with zero attached hydrogens (tertiary/aromatic N) is 1. The van der Waals surface area contributed by atoms with Crippen LogP contribution in [0, 0.1) is 22.2 Å². The van der Waals surface area contributed by atoms with Gasteiger partial charge in [0.25, 0.3) is 0 Å². The van der Waals surface area contributed by atoms with E-state index in [2.05, 4.69) is 86.7 Å². The monoisotopic (exact) mass is 333 g/mol. The molecule has 2 atom stereocenters. The second-order valence-corrected chi connectivity index (χ2v) is 7.66. The van der Waals surface area contributed by atoms with Gasteiger partial charge < -0.3 is 0 Å². The van der Waals surface area contributed by atoms with E-state index in [1.807, 2.05) is 12.1 Å². The molecule has 4 aliphatic carbocycles. The molecule has 0 amide bonds. The van der Waals surface area contributed by atoms with Crippen LogP contribution in [-0.2, 0) is 0 Å². The number of benzene rings is 1. The standard InChI is InChI=1S/C25H19N/c1-24-19-5-3-7-21(24)15-22(18-11-9-17(16-26)10-12-18)23-8-4-6-20(14-13-19)25(23,24)2/h3-15H,1-2H3/t24-,25-/m1/s1. The van der Waals surface area contributed by atoms with Crippen LogP contribution in [0.5, 0.6) is 0 Å². The Morgan fingerprint density at radius 3 is 2.12 bits per heavy atom. The zero-order valence-electron chi connectivity index (χ0n) is 15.0. The van der Waals surface area contributed by atoms with Crippen molar-refractivity contribution in [2.24, 2.45) is 10.8 Å². The van der Waals surface area contributed by atoms with Gasteiger partial charge in [-0.1, -0.05) is 74.6 Å². The summed E-state index contributed by atoms with van der Waals surface area (Å²) in [5, 5.41) is 9.11. The quantitative estimate of drug-likeness (QED) is 0.634. The summed E-state index contributed by atoms with van der Waals surface area (Å²) < 4.78 is 0. The molecule has 0 spiro atoms. The molecule has 1 aromatic rings. The molecule has 0 saturated heterocycles. The minimum atomic E-state index is -0.0968. The molecule has 0 N–H and O–H groups in total. The lowest BCUT2D eigenvalue weighted by molar-refractivity contribution is 0.252. The van der Waals surface area contributed by atoms with Crippen molar-refractivity contribution in [1.82, 2.24) is 0 Å². The van der Waals surface area contributed by atoms with Crippen LogP contribution in [-0.4, -0.2) is 0 Å². The molecule has 0 fully saturated rings. The number of hydrogen-bond donors (Lipinski definition) is 0. The molecule has 0 aromatic heterocycles. The highest BCUT2D eigenvalue weighted by atomic mass is 14.6. The van der Waals surface area contributed by atoms with Crippen LogP contribution in [0.1, 0.15) is 25.0 Å². The third-order valence-electron chi connectivity index (χ3n) is 6.72. The zero-order chi connectivity index (χ0) is 17.9. The van der Waals surface area contributed by atoms with Crippen LogP contribution in [0.15, 0.2) is 101 Å². The molecule has 1 nitrogen and oxygen atoms in total. The van der Waals surface area contributed by atoms with Crippen LogP contribution in [0.4, 0.5) is 0 Å². The van der Waals surface area contributed by atoms with Gasteiger partial charge in [-0.05, 0) is 51.6 Å². The lowest BCUT2D eigenvalue weighted by Gasteiger charge is -2.57. The molecule has 26 heavy (non-hydrogen) atoms. The van der Waals surface area contributed by atoms with Gasteiger partial charge in [-0.3, -0.25) is 0 Å². The summed E-state index contributed by atoms with van der Waals surface area (Å²) in [4.78, 5) is 0. The molecular weight excluding hydrogens is 314 g/mol. The van der Waals surface area contributed by atoms with Crippen LogP contribution in [0.2, 0.25) is 0 Å². The SMILES string of the molecule is C[C@@]12C3=CC=C4C=CC=C(C(c5ccc(C#N)cc5)=CC1=CC=C3)[C@@]42C. The molecule has 0 radical (unpaired) electrons. The van der Waals surface area contributed by atoms with Crippen LogP contribution in [0.25, 0.3) is 5.57 Å². The Hall–Kier alpha value is -3.11. The third kappa shape index (κ3) is 1.64. The predicted molar refractivity (Wildman–Crippen MR) is 106 cm³/mol. The highest BCUT2D eigenvalue weighted by Gasteiger charge is 2.56. The molecule has 5 rings (SSSR count). The minimum Gasteiger partial charge on any atom is -0.192 e. The molecule has 0 bridgehead atoms. The second-order valence-electron chi connectivity index (χ2n) is 7.66. The van der Waals surface area contributed by atoms with Gasteiger partial charge in [0.2, 0.25) is 0 Å². The summed E-state index contributed by atoms with van der Waals surface area (Å²) in [5.74, 6) is 0. The van der Waals surface area contributed by atoms with Crippen molar-refractivity contribution in [1.29, 1.82) is 5.26 Å². The van der Waals surface area contributed by atoms with E-state index in [0.717, 1.165) is 0 Å². The fourth-order valence-electron chi connectivity index (χ4n) is 5.00. The highest BCUT2D eigenvalue weighted by molar-refractivity contribution is 5.89. The largest absolute Gasteiger partial charge is 0.192 e. The van der Waals surface area contributed by atoms with Crippen molar-refractivity contribution >= 4 is 5.57 Å². The average Bonchev–Trinajstić information content (AvgIpc) is 2.66. The fraction of sp³-hybridized carbons (Fsp3) is 0.160. The first kappa shape index (κ1) is 15.2. The van der Waals surface area contributed by atoms with E-state index in [9.17, 15) is 0 Å². The summed E-state index contributed by atoms with van der Waals surface area (Å²) in [6.45, 7) is 4.76. The first-order valence-electron chi connectivity index (χ1n) is 9.02. The number of allylic oxidation sites excluding steroid dienone is 14. The maximum Gasteiger partial charge on any atom is 0.0991 e. The maximum absolute atomic E-state index is 9.11. The Morgan fingerprint density at radius 2 is 1.42 bits per heavy atom. The first-order valence-corrected chi connectivity index (χ1v) is 9.02. The van der Waals surface area contributed by atoms with Gasteiger partial charge in [0.1, 0.15) is 0 Å². The van der Waals surface area contributed by atoms with E-state index >= 15 is 0 Å². The van der Waals surface area contributed by atoms with E-state index in [1.165, 1.54) is 33.4 Å². The maximum atomic E-state index is 9.11. The van der Waals surface area contributed by atoms with Crippen LogP contribution < -0.4 is 0 Å². The smallest absolute Gasteiger partial charge is 0.0991 e. The van der Waals surface area contributed by atoms with Crippen LogP contribution in [0.3, 0.4) is 0 Å². The third-order valence-corrected chi connectivity index (χ3v) is 6.72. The van der Waals surface area contributed by atoms with Gasteiger partial charge in [-0.25, -0.2) is 0 Å². The topological polar surface area (TPSA) is 23.8 Å². The molecule has 1 heteroatoms. The molecule has 0 heterocycles. The van der Waals surface area contributed by atoms with E-state index in [4.69, 9.17) is 5.26 Å². The summed E-state index contributed by atoms with van der Waals surface area (Å²) in [6.07, 6.45) is 20.2. The van der Waals surface area contributed by atoms with Gasteiger partial charge in [0, 0.05) is 10.8 Å². The van der Waals surface area contributed by atoms with Gasteiger partial charge in [-0.15, -0.1) is 0 Å². The average molecular weight is 333 g/mol. The first-order chi connectivity index (χ1) is 12.6. The van der Waals surface area contributed by atoms with Crippen LogP contribution >= 0.6 is 0 Å². The minimum absolute atomic E-state index is 0.0570. The normalized spacial score (nSPS) is 30.3. The van der Waals surface area contributed by atoms with E-state index in [-0.39, 0.29) is 10.8 Å². The summed E-state index contributed by atoms with van der Waals surface area (Å²) in [6, 6.07) is 10.2. The molecule has 4 aliphatic rings. The van der Waals surface area contributed by atoms with E-state index in [0.29, 0.717) is 5.56 Å². The number of rotatable bonds is 1. The van der Waals surface area contributed by atoms with Crippen molar-refractivity contribution in [3.05, 3.63) is 112 Å². The highest BCUT2D eigenvalue weighted by Crippen LogP contribution is 2.67. The van der Waals surface area contributed by atoms with Crippen molar-refractivity contribution in [3.8, 4) is 6.07 Å². The summed E-state index contributed by atoms with van der Waals surface area (Å²) in [5.41, 5.74) is 8.41. The Balaban J connectivity index is 1.81. The summed E-state index contributed by atoms with van der Waals surface area (Å²) >= 11 is 0. The second kappa shape index (κ2) is 4.96. The van der Waals surface area contributed by atoms with Crippen molar-refractivity contribution in [2.75, 3.05) is 0 Å². The Labute approximate surface area is 154 Å². The molecule has 0 unspecified atom stereocenters. The lowest BCUT2D eigenvalue weighted by Crippen LogP contribution is -2.47. The summed E-state index contributed by atoms with van der Waals surface area (Å²) in [7, 11) is 0. The molecule has 1 aromatic carbocycles. The Morgan fingerprint density at radius 1 is 0.769 bits per heavy atom. The Kier molecular flexibility index (Phi) is 2.89. The van der Waals surface area contributed by atoms with E-state index < -0.39 is 0 Å². The Bertz CT molecular complexity index is 1090. The van der Waals surface area contributed by atoms with Crippen molar-refractivity contribution in [2.45, 2.75) is 13.8 Å². The predicted octanol–water partition coefficient (Wildman–Crippen LogP) is 5.83.